The quantitative estimate of drug-likeness (QED) is 0.845. The molecule has 1 N–H and O–H groups in total. The van der Waals surface area contributed by atoms with Crippen LogP contribution in [0, 0.1) is 0 Å². The molecule has 1 aromatic rings. The van der Waals surface area contributed by atoms with Crippen LogP contribution in [-0.4, -0.2) is 36.8 Å². The second-order valence-electron chi connectivity index (χ2n) is 6.45. The van der Waals surface area contributed by atoms with Gasteiger partial charge in [-0.05, 0) is 18.6 Å². The molecule has 0 saturated carbocycles. The smallest absolute Gasteiger partial charge is 0.114 e. The zero-order chi connectivity index (χ0) is 14.6. The number of aromatic nitrogens is 1. The average Bonchev–Trinajstić information content (AvgIpc) is 2.90. The minimum atomic E-state index is 0.0512. The first-order chi connectivity index (χ1) is 9.48. The maximum atomic E-state index is 5.19. The van der Waals surface area contributed by atoms with Crippen molar-refractivity contribution in [2.24, 2.45) is 0 Å². The number of nitrogens with one attached hydrogen (secondary N) is 1. The van der Waals surface area contributed by atoms with Crippen molar-refractivity contribution in [3.05, 3.63) is 16.1 Å². The normalized spacial score (nSPS) is 24.0. The second kappa shape index (κ2) is 6.77. The van der Waals surface area contributed by atoms with Gasteiger partial charge in [-0.1, -0.05) is 20.8 Å². The van der Waals surface area contributed by atoms with E-state index in [0.29, 0.717) is 0 Å². The molecular formula is C15H26N2OS2. The molecule has 20 heavy (non-hydrogen) atoms. The number of rotatable bonds is 5. The zero-order valence-corrected chi connectivity index (χ0v) is 14.6. The van der Waals surface area contributed by atoms with Gasteiger partial charge in [0, 0.05) is 30.2 Å². The molecule has 2 heterocycles. The Morgan fingerprint density at radius 3 is 2.80 bits per heavy atom. The van der Waals surface area contributed by atoms with Gasteiger partial charge in [0.2, 0.25) is 0 Å². The zero-order valence-electron chi connectivity index (χ0n) is 13.0. The number of hydrogen-bond donors (Lipinski definition) is 1. The van der Waals surface area contributed by atoms with E-state index in [9.17, 15) is 0 Å². The van der Waals surface area contributed by atoms with Gasteiger partial charge in [-0.3, -0.25) is 0 Å². The highest BCUT2D eigenvalue weighted by Crippen LogP contribution is 2.38. The first-order valence-electron chi connectivity index (χ1n) is 7.26. The number of methoxy groups -OCH3 is 1. The van der Waals surface area contributed by atoms with Gasteiger partial charge in [-0.15, -0.1) is 11.3 Å². The minimum Gasteiger partial charge on any atom is -0.383 e. The highest BCUT2D eigenvalue weighted by Gasteiger charge is 2.37. The van der Waals surface area contributed by atoms with Crippen LogP contribution in [0.2, 0.25) is 0 Å². The Kier molecular flexibility index (Phi) is 5.51. The molecule has 2 rings (SSSR count). The van der Waals surface area contributed by atoms with Crippen molar-refractivity contribution in [1.29, 1.82) is 0 Å². The summed E-state index contributed by atoms with van der Waals surface area (Å²) in [7, 11) is 1.76. The van der Waals surface area contributed by atoms with Crippen LogP contribution in [0.5, 0.6) is 0 Å². The lowest BCUT2D eigenvalue weighted by atomic mass is 9.92. The molecule has 1 unspecified atom stereocenters. The van der Waals surface area contributed by atoms with E-state index in [4.69, 9.17) is 9.72 Å². The predicted molar refractivity (Wildman–Crippen MR) is 88.9 cm³/mol. The number of thioether (sulfide) groups is 1. The van der Waals surface area contributed by atoms with Gasteiger partial charge in [0.1, 0.15) is 5.01 Å². The van der Waals surface area contributed by atoms with Crippen LogP contribution in [0.25, 0.3) is 0 Å². The third kappa shape index (κ3) is 3.75. The van der Waals surface area contributed by atoms with Crippen LogP contribution < -0.4 is 5.32 Å². The highest BCUT2D eigenvalue weighted by atomic mass is 32.2. The number of nitrogens with zero attached hydrogens (tertiary/aromatic N) is 1. The van der Waals surface area contributed by atoms with E-state index in [1.54, 1.807) is 7.11 Å². The molecule has 0 spiro atoms. The molecule has 1 aromatic heterocycles. The van der Waals surface area contributed by atoms with Crippen LogP contribution in [0.15, 0.2) is 5.38 Å². The summed E-state index contributed by atoms with van der Waals surface area (Å²) >= 11 is 3.85. The van der Waals surface area contributed by atoms with Gasteiger partial charge in [0.15, 0.2) is 0 Å². The third-order valence-corrected chi connectivity index (χ3v) is 6.01. The maximum Gasteiger partial charge on any atom is 0.114 e. The molecule has 1 atom stereocenters. The summed E-state index contributed by atoms with van der Waals surface area (Å²) in [4.78, 5) is 4.96. The highest BCUT2D eigenvalue weighted by molar-refractivity contribution is 7.99. The molecule has 0 aliphatic carbocycles. The van der Waals surface area contributed by atoms with E-state index in [-0.39, 0.29) is 11.0 Å². The van der Waals surface area contributed by atoms with Crippen LogP contribution in [-0.2, 0) is 15.7 Å². The molecule has 0 aromatic carbocycles. The SMILES string of the molecule is COCCNC1(c2nc(C(C)(C)C)cs2)CCCSC1. The molecule has 1 aliphatic heterocycles. The lowest BCUT2D eigenvalue weighted by Crippen LogP contribution is -2.47. The van der Waals surface area contributed by atoms with Gasteiger partial charge in [0.05, 0.1) is 17.8 Å². The Balaban J connectivity index is 2.19. The molecule has 0 radical (unpaired) electrons. The first kappa shape index (κ1) is 16.3. The van der Waals surface area contributed by atoms with Crippen molar-refractivity contribution in [2.75, 3.05) is 31.8 Å². The lowest BCUT2D eigenvalue weighted by Gasteiger charge is -2.36. The summed E-state index contributed by atoms with van der Waals surface area (Å²) in [6, 6.07) is 0. The largest absolute Gasteiger partial charge is 0.383 e. The fourth-order valence-electron chi connectivity index (χ4n) is 2.41. The third-order valence-electron chi connectivity index (χ3n) is 3.69. The van der Waals surface area contributed by atoms with Gasteiger partial charge < -0.3 is 10.1 Å². The van der Waals surface area contributed by atoms with Gasteiger partial charge >= 0.3 is 0 Å². The predicted octanol–water partition coefficient (Wildman–Crippen LogP) is 3.40. The Morgan fingerprint density at radius 2 is 2.25 bits per heavy atom. The number of thiazole rings is 1. The monoisotopic (exact) mass is 314 g/mol. The van der Waals surface area contributed by atoms with Gasteiger partial charge in [0.25, 0.3) is 0 Å². The minimum absolute atomic E-state index is 0.0512. The van der Waals surface area contributed by atoms with E-state index in [1.807, 2.05) is 23.1 Å². The maximum absolute atomic E-state index is 5.19. The summed E-state index contributed by atoms with van der Waals surface area (Å²) in [5.41, 5.74) is 1.39. The summed E-state index contributed by atoms with van der Waals surface area (Å²) in [5, 5.41) is 7.20. The fourth-order valence-corrected chi connectivity index (χ4v) is 4.98. The van der Waals surface area contributed by atoms with E-state index in [1.165, 1.54) is 29.3 Å². The first-order valence-corrected chi connectivity index (χ1v) is 9.30. The van der Waals surface area contributed by atoms with Crippen molar-refractivity contribution in [1.82, 2.24) is 10.3 Å². The topological polar surface area (TPSA) is 34.1 Å². The lowest BCUT2D eigenvalue weighted by molar-refractivity contribution is 0.184. The van der Waals surface area contributed by atoms with E-state index in [0.717, 1.165) is 18.9 Å². The van der Waals surface area contributed by atoms with Crippen LogP contribution in [0.1, 0.15) is 44.3 Å². The van der Waals surface area contributed by atoms with Gasteiger partial charge in [-0.2, -0.15) is 11.8 Å². The van der Waals surface area contributed by atoms with E-state index in [2.05, 4.69) is 31.5 Å². The molecule has 0 bridgehead atoms. The standard InChI is InChI=1S/C15H26N2OS2/c1-14(2,3)12-10-20-13(17-12)15(16-7-8-18-4)6-5-9-19-11-15/h10,16H,5-9,11H2,1-4H3. The summed E-state index contributed by atoms with van der Waals surface area (Å²) in [6.45, 7) is 8.33. The molecule has 1 fully saturated rings. The van der Waals surface area contributed by atoms with Crippen LogP contribution >= 0.6 is 23.1 Å². The summed E-state index contributed by atoms with van der Waals surface area (Å²) in [5.74, 6) is 2.39. The van der Waals surface area contributed by atoms with Crippen molar-refractivity contribution < 1.29 is 4.74 Å². The van der Waals surface area contributed by atoms with Crippen molar-refractivity contribution in [3.8, 4) is 0 Å². The molecule has 5 heteroatoms. The molecular weight excluding hydrogens is 288 g/mol. The number of hydrogen-bond acceptors (Lipinski definition) is 5. The summed E-state index contributed by atoms with van der Waals surface area (Å²) < 4.78 is 5.19. The second-order valence-corrected chi connectivity index (χ2v) is 8.41. The van der Waals surface area contributed by atoms with Crippen molar-refractivity contribution >= 4 is 23.1 Å². The van der Waals surface area contributed by atoms with Gasteiger partial charge in [-0.25, -0.2) is 4.98 Å². The Labute approximate surface area is 130 Å². The Hall–Kier alpha value is -0.100. The fraction of sp³-hybridized carbons (Fsp3) is 0.800. The summed E-state index contributed by atoms with van der Waals surface area (Å²) in [6.07, 6.45) is 2.44. The van der Waals surface area contributed by atoms with E-state index < -0.39 is 0 Å². The van der Waals surface area contributed by atoms with Crippen LogP contribution in [0.4, 0.5) is 0 Å². The Bertz CT molecular complexity index is 420. The molecule has 3 nitrogen and oxygen atoms in total. The molecule has 1 aliphatic rings. The van der Waals surface area contributed by atoms with E-state index >= 15 is 0 Å². The van der Waals surface area contributed by atoms with Crippen molar-refractivity contribution in [3.63, 3.8) is 0 Å². The Morgan fingerprint density at radius 1 is 1.45 bits per heavy atom. The van der Waals surface area contributed by atoms with Crippen LogP contribution in [0.3, 0.4) is 0 Å². The van der Waals surface area contributed by atoms with Crippen molar-refractivity contribution in [2.45, 2.75) is 44.6 Å². The number of ether oxygens (including phenoxy) is 1. The molecule has 114 valence electrons. The average molecular weight is 315 g/mol. The molecule has 1 saturated heterocycles. The molecule has 0 amide bonds.